The Hall–Kier alpha value is -2.09. The Morgan fingerprint density at radius 3 is 2.94 bits per heavy atom. The third-order valence-electron chi connectivity index (χ3n) is 3.11. The molecule has 1 amide bonds. The summed E-state index contributed by atoms with van der Waals surface area (Å²) in [6.45, 7) is 3.29. The fourth-order valence-corrected chi connectivity index (χ4v) is 2.08. The number of likely N-dealkylation sites (tertiary alicyclic amines) is 1. The zero-order valence-corrected chi connectivity index (χ0v) is 10.1. The molecule has 0 saturated carbocycles. The zero-order valence-electron chi connectivity index (χ0n) is 10.1. The molecule has 18 heavy (non-hydrogen) atoms. The van der Waals surface area contributed by atoms with Gasteiger partial charge in [0.15, 0.2) is 0 Å². The number of anilines is 1. The minimum absolute atomic E-state index is 0.00117. The molecule has 1 aliphatic rings. The maximum Gasteiger partial charge on any atom is 0.245 e. The minimum atomic E-state index is -0.503. The van der Waals surface area contributed by atoms with Gasteiger partial charge < -0.3 is 10.2 Å². The Bertz CT molecular complexity index is 509. The van der Waals surface area contributed by atoms with Gasteiger partial charge in [-0.3, -0.25) is 4.79 Å². The van der Waals surface area contributed by atoms with Gasteiger partial charge in [0, 0.05) is 13.1 Å². The summed E-state index contributed by atoms with van der Waals surface area (Å²) < 4.78 is 13.7. The summed E-state index contributed by atoms with van der Waals surface area (Å²) in [6, 6.07) is 5.69. The Morgan fingerprint density at radius 2 is 2.39 bits per heavy atom. The van der Waals surface area contributed by atoms with Gasteiger partial charge in [-0.05, 0) is 31.5 Å². The summed E-state index contributed by atoms with van der Waals surface area (Å²) in [5, 5.41) is 11.5. The van der Waals surface area contributed by atoms with Crippen molar-refractivity contribution >= 4 is 11.6 Å². The van der Waals surface area contributed by atoms with Crippen LogP contribution in [-0.2, 0) is 4.79 Å². The molecule has 0 unspecified atom stereocenters. The van der Waals surface area contributed by atoms with E-state index in [0.29, 0.717) is 19.5 Å². The van der Waals surface area contributed by atoms with Crippen molar-refractivity contribution < 1.29 is 9.18 Å². The predicted molar refractivity (Wildman–Crippen MR) is 65.4 cm³/mol. The van der Waals surface area contributed by atoms with Crippen LogP contribution in [0.3, 0.4) is 0 Å². The molecule has 1 aliphatic heterocycles. The molecule has 5 heteroatoms. The first kappa shape index (κ1) is 12.4. The summed E-state index contributed by atoms with van der Waals surface area (Å²) in [5.41, 5.74) is 0.538. The van der Waals surface area contributed by atoms with Crippen LogP contribution in [0.25, 0.3) is 0 Å². The summed E-state index contributed by atoms with van der Waals surface area (Å²) in [5.74, 6) is -0.502. The number of hydrogen-bond acceptors (Lipinski definition) is 3. The van der Waals surface area contributed by atoms with Crippen molar-refractivity contribution in [3.63, 3.8) is 0 Å². The van der Waals surface area contributed by atoms with Crippen molar-refractivity contribution in [2.45, 2.75) is 19.4 Å². The van der Waals surface area contributed by atoms with Crippen LogP contribution in [0.5, 0.6) is 0 Å². The lowest BCUT2D eigenvalue weighted by Gasteiger charge is -2.15. The molecule has 0 bridgehead atoms. The molecule has 0 radical (unpaired) electrons. The molecule has 1 aromatic rings. The number of halogens is 1. The standard InChI is InChI=1S/C13H14FN3O/c1-2-17-6-5-12(13(17)18)16-11-4-3-9(8-15)7-10(11)14/h3-4,7,12,16H,2,5-6H2,1H3/t12-/m0/s1. The van der Waals surface area contributed by atoms with Gasteiger partial charge in [0.1, 0.15) is 11.9 Å². The average molecular weight is 247 g/mol. The van der Waals surface area contributed by atoms with Crippen LogP contribution in [0.15, 0.2) is 18.2 Å². The number of rotatable bonds is 3. The number of nitrogens with one attached hydrogen (secondary N) is 1. The van der Waals surface area contributed by atoms with Crippen molar-refractivity contribution in [3.8, 4) is 6.07 Å². The third kappa shape index (κ3) is 2.28. The maximum absolute atomic E-state index is 13.7. The van der Waals surface area contributed by atoms with E-state index in [1.807, 2.05) is 13.0 Å². The van der Waals surface area contributed by atoms with Crippen molar-refractivity contribution in [1.82, 2.24) is 4.90 Å². The number of carbonyl (C=O) groups excluding carboxylic acids is 1. The van der Waals surface area contributed by atoms with E-state index in [2.05, 4.69) is 5.32 Å². The average Bonchev–Trinajstić information content (AvgIpc) is 2.73. The van der Waals surface area contributed by atoms with Crippen LogP contribution < -0.4 is 5.32 Å². The molecule has 0 aliphatic carbocycles. The van der Waals surface area contributed by atoms with Gasteiger partial charge in [-0.2, -0.15) is 5.26 Å². The lowest BCUT2D eigenvalue weighted by molar-refractivity contribution is -0.128. The minimum Gasteiger partial charge on any atom is -0.371 e. The monoisotopic (exact) mass is 247 g/mol. The number of nitrogens with zero attached hydrogens (tertiary/aromatic N) is 2. The molecule has 1 heterocycles. The highest BCUT2D eigenvalue weighted by molar-refractivity contribution is 5.86. The van der Waals surface area contributed by atoms with Gasteiger partial charge in [-0.25, -0.2) is 4.39 Å². The molecule has 1 aromatic carbocycles. The molecule has 0 spiro atoms. The van der Waals surface area contributed by atoms with E-state index in [9.17, 15) is 9.18 Å². The Kier molecular flexibility index (Phi) is 3.47. The van der Waals surface area contributed by atoms with Crippen LogP contribution in [0.2, 0.25) is 0 Å². The van der Waals surface area contributed by atoms with Crippen LogP contribution in [0.4, 0.5) is 10.1 Å². The van der Waals surface area contributed by atoms with Crippen LogP contribution >= 0.6 is 0 Å². The van der Waals surface area contributed by atoms with Gasteiger partial charge in [-0.1, -0.05) is 0 Å². The lowest BCUT2D eigenvalue weighted by Crippen LogP contribution is -2.33. The third-order valence-corrected chi connectivity index (χ3v) is 3.11. The number of likely N-dealkylation sites (N-methyl/N-ethyl adjacent to an activating group) is 1. The molecule has 1 fully saturated rings. The molecular weight excluding hydrogens is 233 g/mol. The Morgan fingerprint density at radius 1 is 1.61 bits per heavy atom. The van der Waals surface area contributed by atoms with E-state index in [4.69, 9.17) is 5.26 Å². The van der Waals surface area contributed by atoms with Crippen molar-refractivity contribution in [2.24, 2.45) is 0 Å². The lowest BCUT2D eigenvalue weighted by atomic mass is 10.2. The molecule has 1 N–H and O–H groups in total. The fourth-order valence-electron chi connectivity index (χ4n) is 2.08. The molecular formula is C13H14FN3O. The highest BCUT2D eigenvalue weighted by Crippen LogP contribution is 2.20. The second kappa shape index (κ2) is 5.05. The Balaban J connectivity index is 2.11. The first-order valence-corrected chi connectivity index (χ1v) is 5.90. The largest absolute Gasteiger partial charge is 0.371 e. The van der Waals surface area contributed by atoms with E-state index >= 15 is 0 Å². The van der Waals surface area contributed by atoms with Crippen LogP contribution in [0.1, 0.15) is 18.9 Å². The van der Waals surface area contributed by atoms with Crippen molar-refractivity contribution in [1.29, 1.82) is 5.26 Å². The van der Waals surface area contributed by atoms with Crippen LogP contribution in [-0.4, -0.2) is 29.9 Å². The second-order valence-corrected chi connectivity index (χ2v) is 4.21. The van der Waals surface area contributed by atoms with Gasteiger partial charge >= 0.3 is 0 Å². The summed E-state index contributed by atoms with van der Waals surface area (Å²) in [4.78, 5) is 13.6. The second-order valence-electron chi connectivity index (χ2n) is 4.21. The van der Waals surface area contributed by atoms with Crippen LogP contribution in [0, 0.1) is 17.1 Å². The van der Waals surface area contributed by atoms with E-state index in [-0.39, 0.29) is 23.2 Å². The molecule has 1 atom stereocenters. The quantitative estimate of drug-likeness (QED) is 0.885. The number of hydrogen-bond donors (Lipinski definition) is 1. The maximum atomic E-state index is 13.7. The summed E-state index contributed by atoms with van der Waals surface area (Å²) in [6.07, 6.45) is 0.673. The van der Waals surface area contributed by atoms with Crippen molar-refractivity contribution in [3.05, 3.63) is 29.6 Å². The highest BCUT2D eigenvalue weighted by Gasteiger charge is 2.30. The zero-order chi connectivity index (χ0) is 13.1. The fraction of sp³-hybridized carbons (Fsp3) is 0.385. The number of amides is 1. The van der Waals surface area contributed by atoms with Crippen molar-refractivity contribution in [2.75, 3.05) is 18.4 Å². The van der Waals surface area contributed by atoms with Gasteiger partial charge in [0.05, 0.1) is 17.3 Å². The number of benzene rings is 1. The first-order valence-electron chi connectivity index (χ1n) is 5.90. The summed E-state index contributed by atoms with van der Waals surface area (Å²) in [7, 11) is 0. The number of carbonyl (C=O) groups is 1. The van der Waals surface area contributed by atoms with E-state index in [1.54, 1.807) is 4.90 Å². The molecule has 4 nitrogen and oxygen atoms in total. The van der Waals surface area contributed by atoms with Gasteiger partial charge in [0.25, 0.3) is 0 Å². The number of nitriles is 1. The molecule has 1 saturated heterocycles. The SMILES string of the molecule is CCN1CC[C@H](Nc2ccc(C#N)cc2F)C1=O. The Labute approximate surface area is 105 Å². The summed E-state index contributed by atoms with van der Waals surface area (Å²) >= 11 is 0. The molecule has 2 rings (SSSR count). The van der Waals surface area contributed by atoms with Gasteiger partial charge in [-0.15, -0.1) is 0 Å². The van der Waals surface area contributed by atoms with E-state index in [0.717, 1.165) is 0 Å². The molecule has 94 valence electrons. The predicted octanol–water partition coefficient (Wildman–Crippen LogP) is 1.73. The van der Waals surface area contributed by atoms with E-state index < -0.39 is 5.82 Å². The smallest absolute Gasteiger partial charge is 0.245 e. The van der Waals surface area contributed by atoms with Gasteiger partial charge in [0.2, 0.25) is 5.91 Å². The topological polar surface area (TPSA) is 56.1 Å². The highest BCUT2D eigenvalue weighted by atomic mass is 19.1. The normalized spacial score (nSPS) is 18.8. The molecule has 0 aromatic heterocycles. The first-order chi connectivity index (χ1) is 8.65. The van der Waals surface area contributed by atoms with E-state index in [1.165, 1.54) is 18.2 Å².